The predicted octanol–water partition coefficient (Wildman–Crippen LogP) is 23.6. The summed E-state index contributed by atoms with van der Waals surface area (Å²) in [5.74, 6) is 0. The summed E-state index contributed by atoms with van der Waals surface area (Å²) in [5.41, 5.74) is 2.90. The van der Waals surface area contributed by atoms with Crippen LogP contribution in [0.15, 0.2) is 60.7 Å². The Morgan fingerprint density at radius 1 is 0.290 bits per heavy atom. The van der Waals surface area contributed by atoms with E-state index in [1.807, 2.05) is 0 Å². The van der Waals surface area contributed by atoms with E-state index < -0.39 is 0 Å². The van der Waals surface area contributed by atoms with Crippen molar-refractivity contribution in [2.45, 2.75) is 240 Å². The van der Waals surface area contributed by atoms with Crippen molar-refractivity contribution in [1.29, 1.82) is 0 Å². The third-order valence-electron chi connectivity index (χ3n) is 16.5. The Morgan fingerprint density at radius 3 is 1.07 bits per heavy atom. The smallest absolute Gasteiger partial charge is 0.0430 e. The molecule has 0 amide bonds. The SMILES string of the molecule is CCCCCCCCCCCCc1ccc2c(c1)c1c3sc(CCCCCCCCCCCC)cc3cc3c4c5ccc(C)cc5c5c6sc(CCCCCCCCCCCC)cc6cc(c2c31)c45. The molecule has 2 heterocycles. The molecule has 0 nitrogen and oxygen atoms in total. The topological polar surface area (TPSA) is 0 Å². The number of hydrogen-bond acceptors (Lipinski definition) is 2. The van der Waals surface area contributed by atoms with Gasteiger partial charge in [-0.2, -0.15) is 0 Å². The highest BCUT2D eigenvalue weighted by atomic mass is 32.1. The maximum atomic E-state index is 2.65. The van der Waals surface area contributed by atoms with E-state index in [9.17, 15) is 0 Å². The van der Waals surface area contributed by atoms with E-state index in [4.69, 9.17) is 0 Å². The highest BCUT2D eigenvalue weighted by Crippen LogP contribution is 2.55. The quantitative estimate of drug-likeness (QED) is 0.0284. The fourth-order valence-electron chi connectivity index (χ4n) is 12.6. The van der Waals surface area contributed by atoms with Gasteiger partial charge in [-0.25, -0.2) is 0 Å². The molecule has 0 unspecified atom stereocenters. The van der Waals surface area contributed by atoms with Crippen molar-refractivity contribution in [2.75, 3.05) is 0 Å². The zero-order valence-electron chi connectivity index (χ0n) is 43.9. The van der Waals surface area contributed by atoms with E-state index in [0.717, 1.165) is 0 Å². The summed E-state index contributed by atoms with van der Waals surface area (Å²) in [4.78, 5) is 3.16. The van der Waals surface area contributed by atoms with Gasteiger partial charge in [-0.3, -0.25) is 0 Å². The molecule has 9 aromatic rings. The van der Waals surface area contributed by atoms with Crippen molar-refractivity contribution < 1.29 is 0 Å². The van der Waals surface area contributed by atoms with Crippen molar-refractivity contribution in [1.82, 2.24) is 0 Å². The minimum atomic E-state index is 1.19. The molecule has 0 saturated heterocycles. The Hall–Kier alpha value is -3.46. The largest absolute Gasteiger partial charge is 0.140 e. The molecule has 69 heavy (non-hydrogen) atoms. The van der Waals surface area contributed by atoms with Crippen LogP contribution in [0.2, 0.25) is 0 Å². The third-order valence-corrected chi connectivity index (χ3v) is 18.9. The second-order valence-electron chi connectivity index (χ2n) is 22.1. The van der Waals surface area contributed by atoms with Crippen LogP contribution in [0.1, 0.15) is 234 Å². The van der Waals surface area contributed by atoms with Crippen LogP contribution in [-0.2, 0) is 19.3 Å². The summed E-state index contributed by atoms with van der Waals surface area (Å²) >= 11 is 4.23. The lowest BCUT2D eigenvalue weighted by atomic mass is 9.93. The molecule has 0 bridgehead atoms. The number of fused-ring (bicyclic) bond motifs is 12. The van der Waals surface area contributed by atoms with E-state index in [2.05, 4.69) is 111 Å². The zero-order chi connectivity index (χ0) is 47.4. The molecule has 0 N–H and O–H groups in total. The van der Waals surface area contributed by atoms with E-state index in [0.29, 0.717) is 0 Å². The number of unbranched alkanes of at least 4 members (excludes halogenated alkanes) is 27. The molecule has 0 atom stereocenters. The molecular formula is C67H88S2. The van der Waals surface area contributed by atoms with Gasteiger partial charge in [0.15, 0.2) is 0 Å². The van der Waals surface area contributed by atoms with Crippen LogP contribution >= 0.6 is 22.7 Å². The van der Waals surface area contributed by atoms with Crippen LogP contribution in [0, 0.1) is 6.92 Å². The second kappa shape index (κ2) is 25.3. The average molecular weight is 958 g/mol. The summed E-state index contributed by atoms with van der Waals surface area (Å²) in [7, 11) is 0. The molecule has 0 aliphatic carbocycles. The first kappa shape index (κ1) is 50.5. The van der Waals surface area contributed by atoms with Crippen LogP contribution in [0.25, 0.3) is 84.8 Å². The van der Waals surface area contributed by atoms with Crippen LogP contribution in [0.5, 0.6) is 0 Å². The van der Waals surface area contributed by atoms with Gasteiger partial charge in [-0.1, -0.05) is 236 Å². The minimum Gasteiger partial charge on any atom is -0.140 e. The zero-order valence-corrected chi connectivity index (χ0v) is 45.6. The van der Waals surface area contributed by atoms with Gasteiger partial charge in [0.25, 0.3) is 0 Å². The molecule has 0 saturated carbocycles. The summed E-state index contributed by atoms with van der Waals surface area (Å²) in [6.45, 7) is 9.26. The van der Waals surface area contributed by atoms with E-state index >= 15 is 0 Å². The van der Waals surface area contributed by atoms with Crippen LogP contribution < -0.4 is 0 Å². The summed E-state index contributed by atoms with van der Waals surface area (Å²) in [5, 5.41) is 20.9. The highest BCUT2D eigenvalue weighted by Gasteiger charge is 2.26. The van der Waals surface area contributed by atoms with Crippen molar-refractivity contribution >= 4 is 107 Å². The Balaban J connectivity index is 1.05. The summed E-state index contributed by atoms with van der Waals surface area (Å²) in [6, 6.07) is 25.6. The number of benzene rings is 5. The summed E-state index contributed by atoms with van der Waals surface area (Å²) in [6.07, 6.45) is 45.4. The molecular weight excluding hydrogens is 869 g/mol. The molecule has 2 aromatic heterocycles. The van der Waals surface area contributed by atoms with Crippen molar-refractivity contribution in [3.63, 3.8) is 0 Å². The van der Waals surface area contributed by atoms with E-state index in [1.54, 1.807) is 15.1 Å². The Morgan fingerprint density at radius 2 is 0.652 bits per heavy atom. The normalized spacial score (nSPS) is 12.5. The van der Waals surface area contributed by atoms with Gasteiger partial charge in [-0.15, -0.1) is 22.7 Å². The van der Waals surface area contributed by atoms with Gasteiger partial charge in [0.05, 0.1) is 0 Å². The number of hydrogen-bond donors (Lipinski definition) is 0. The van der Waals surface area contributed by atoms with Gasteiger partial charge in [0.1, 0.15) is 0 Å². The van der Waals surface area contributed by atoms with Crippen LogP contribution in [-0.4, -0.2) is 0 Å². The maximum Gasteiger partial charge on any atom is 0.0430 e. The van der Waals surface area contributed by atoms with Crippen molar-refractivity contribution in [3.8, 4) is 0 Å². The van der Waals surface area contributed by atoms with E-state index in [-0.39, 0.29) is 0 Å². The number of rotatable bonds is 33. The lowest BCUT2D eigenvalue weighted by molar-refractivity contribution is 0.556. The Bertz CT molecular complexity index is 2990. The predicted molar refractivity (Wildman–Crippen MR) is 316 cm³/mol. The number of thiophene rings is 2. The van der Waals surface area contributed by atoms with Gasteiger partial charge < -0.3 is 0 Å². The Labute approximate surface area is 426 Å². The lowest BCUT2D eigenvalue weighted by Gasteiger charge is -2.09. The van der Waals surface area contributed by atoms with Gasteiger partial charge >= 0.3 is 0 Å². The van der Waals surface area contributed by atoms with Crippen molar-refractivity contribution in [3.05, 3.63) is 81.5 Å². The standard InChI is InChI=1S/C67H88S2/c1-5-8-11-14-17-20-23-26-29-32-35-49-39-41-55-57(43-49)65-63-58(47-51-45-53(69-67(51)65)37-34-31-28-25-22-19-16-13-10-7-3)60-54-40-38-48(4)42-56(54)64-62(60)59(61(55)63)46-50-44-52(68-66(50)64)36-33-30-27-24-21-18-15-12-9-6-2/h38-47H,5-37H2,1-4H3. The fourth-order valence-corrected chi connectivity index (χ4v) is 15.1. The molecule has 7 aromatic carbocycles. The molecule has 0 spiro atoms. The highest BCUT2D eigenvalue weighted by molar-refractivity contribution is 7.20. The Kier molecular flexibility index (Phi) is 18.5. The van der Waals surface area contributed by atoms with Gasteiger partial charge in [-0.05, 0) is 129 Å². The molecule has 0 radical (unpaired) electrons. The third kappa shape index (κ3) is 11.8. The van der Waals surface area contributed by atoms with E-state index in [1.165, 1.54) is 302 Å². The molecule has 9 rings (SSSR count). The first-order valence-corrected chi connectivity index (χ1v) is 30.9. The molecule has 0 fully saturated rings. The molecule has 0 aliphatic rings. The monoisotopic (exact) mass is 957 g/mol. The first-order chi connectivity index (χ1) is 34.1. The molecule has 368 valence electrons. The number of aryl methyl sites for hydroxylation is 4. The average Bonchev–Trinajstić information content (AvgIpc) is 4.13. The van der Waals surface area contributed by atoms with Gasteiger partial charge in [0.2, 0.25) is 0 Å². The summed E-state index contributed by atoms with van der Waals surface area (Å²) < 4.78 is 3.05. The molecule has 2 heteroatoms. The van der Waals surface area contributed by atoms with Crippen molar-refractivity contribution in [2.24, 2.45) is 0 Å². The molecule has 0 aliphatic heterocycles. The van der Waals surface area contributed by atoms with Crippen LogP contribution in [0.3, 0.4) is 0 Å². The second-order valence-corrected chi connectivity index (χ2v) is 24.4. The lowest BCUT2D eigenvalue weighted by Crippen LogP contribution is -1.87. The van der Waals surface area contributed by atoms with Gasteiger partial charge in [0, 0.05) is 40.7 Å². The first-order valence-electron chi connectivity index (χ1n) is 29.3. The minimum absolute atomic E-state index is 1.19. The van der Waals surface area contributed by atoms with Crippen LogP contribution in [0.4, 0.5) is 0 Å². The fraction of sp³-hybridized carbons (Fsp3) is 0.552. The maximum absolute atomic E-state index is 2.65.